The van der Waals surface area contributed by atoms with E-state index in [1.807, 2.05) is 37.3 Å². The SMILES string of the molecule is Cc1ccc(OCC#Cc2ccc(CCC(C)(N)CCP(=O)(O)O)o2)cc1. The molecule has 1 unspecified atom stereocenters. The number of rotatable bonds is 8. The van der Waals surface area contributed by atoms with Crippen molar-refractivity contribution >= 4 is 7.60 Å². The molecular weight excluding hydrogens is 365 g/mol. The number of hydrogen-bond donors (Lipinski definition) is 3. The minimum Gasteiger partial charge on any atom is -0.481 e. The molecule has 2 aromatic rings. The Labute approximate surface area is 159 Å². The van der Waals surface area contributed by atoms with Gasteiger partial charge in [-0.05, 0) is 56.9 Å². The zero-order chi connectivity index (χ0) is 19.9. The first-order valence-corrected chi connectivity index (χ1v) is 10.5. The summed E-state index contributed by atoms with van der Waals surface area (Å²) in [5, 5.41) is 0. The fourth-order valence-electron chi connectivity index (χ4n) is 2.39. The maximum Gasteiger partial charge on any atom is 0.325 e. The molecule has 2 rings (SSSR count). The van der Waals surface area contributed by atoms with Gasteiger partial charge >= 0.3 is 7.60 Å². The summed E-state index contributed by atoms with van der Waals surface area (Å²) in [6.07, 6.45) is 1.18. The Hall–Kier alpha value is -2.03. The van der Waals surface area contributed by atoms with Gasteiger partial charge < -0.3 is 24.7 Å². The smallest absolute Gasteiger partial charge is 0.325 e. The molecule has 0 saturated carbocycles. The minimum absolute atomic E-state index is 0.212. The van der Waals surface area contributed by atoms with E-state index < -0.39 is 13.1 Å². The van der Waals surface area contributed by atoms with E-state index in [4.69, 9.17) is 24.7 Å². The molecule has 0 aliphatic carbocycles. The van der Waals surface area contributed by atoms with Crippen LogP contribution in [0.2, 0.25) is 0 Å². The van der Waals surface area contributed by atoms with Crippen LogP contribution in [0.3, 0.4) is 0 Å². The van der Waals surface area contributed by atoms with Crippen LogP contribution in [-0.4, -0.2) is 28.1 Å². The van der Waals surface area contributed by atoms with E-state index in [1.54, 1.807) is 13.0 Å². The van der Waals surface area contributed by atoms with Crippen molar-refractivity contribution < 1.29 is 23.5 Å². The Kier molecular flexibility index (Phi) is 7.29. The lowest BCUT2D eigenvalue weighted by Crippen LogP contribution is -2.37. The molecule has 1 aromatic heterocycles. The van der Waals surface area contributed by atoms with Gasteiger partial charge in [0.1, 0.15) is 18.1 Å². The molecule has 0 bridgehead atoms. The Morgan fingerprint density at radius 1 is 1.19 bits per heavy atom. The maximum absolute atomic E-state index is 11.0. The van der Waals surface area contributed by atoms with E-state index in [9.17, 15) is 4.57 Å². The fourth-order valence-corrected chi connectivity index (χ4v) is 3.19. The van der Waals surface area contributed by atoms with Crippen LogP contribution in [0.4, 0.5) is 0 Å². The lowest BCUT2D eigenvalue weighted by molar-refractivity contribution is 0.349. The summed E-state index contributed by atoms with van der Waals surface area (Å²) in [7, 11) is -4.03. The predicted molar refractivity (Wildman–Crippen MR) is 105 cm³/mol. The van der Waals surface area contributed by atoms with Crippen molar-refractivity contribution in [1.29, 1.82) is 0 Å². The Bertz CT molecular complexity index is 839. The van der Waals surface area contributed by atoms with E-state index >= 15 is 0 Å². The van der Waals surface area contributed by atoms with Gasteiger partial charge in [-0.25, -0.2) is 0 Å². The molecule has 0 aliphatic heterocycles. The number of aryl methyl sites for hydroxylation is 2. The van der Waals surface area contributed by atoms with Crippen molar-refractivity contribution in [2.24, 2.45) is 5.73 Å². The number of ether oxygens (including phenoxy) is 1. The van der Waals surface area contributed by atoms with Crippen LogP contribution >= 0.6 is 7.60 Å². The molecule has 4 N–H and O–H groups in total. The van der Waals surface area contributed by atoms with E-state index in [0.717, 1.165) is 11.5 Å². The first-order valence-electron chi connectivity index (χ1n) is 8.73. The Morgan fingerprint density at radius 2 is 1.89 bits per heavy atom. The van der Waals surface area contributed by atoms with Gasteiger partial charge in [0.2, 0.25) is 0 Å². The van der Waals surface area contributed by atoms with Gasteiger partial charge in [0, 0.05) is 12.0 Å². The van der Waals surface area contributed by atoms with E-state index in [0.29, 0.717) is 18.6 Å². The van der Waals surface area contributed by atoms with Gasteiger partial charge in [-0.2, -0.15) is 0 Å². The van der Waals surface area contributed by atoms with Gasteiger partial charge in [-0.15, -0.1) is 0 Å². The molecule has 0 radical (unpaired) electrons. The van der Waals surface area contributed by atoms with Crippen molar-refractivity contribution in [3.8, 4) is 17.6 Å². The van der Waals surface area contributed by atoms with Crippen molar-refractivity contribution in [2.45, 2.75) is 38.6 Å². The third-order valence-electron chi connectivity index (χ3n) is 4.12. The summed E-state index contributed by atoms with van der Waals surface area (Å²) in [5.74, 6) is 7.88. The second-order valence-corrected chi connectivity index (χ2v) is 8.74. The second kappa shape index (κ2) is 9.25. The molecule has 146 valence electrons. The molecule has 0 spiro atoms. The van der Waals surface area contributed by atoms with Gasteiger partial charge in [0.15, 0.2) is 5.76 Å². The van der Waals surface area contributed by atoms with Crippen LogP contribution in [0, 0.1) is 18.8 Å². The van der Waals surface area contributed by atoms with Crippen molar-refractivity contribution in [3.05, 3.63) is 53.5 Å². The number of nitrogens with two attached hydrogens (primary N) is 1. The lowest BCUT2D eigenvalue weighted by Gasteiger charge is -2.24. The molecule has 1 heterocycles. The molecule has 6 nitrogen and oxygen atoms in total. The largest absolute Gasteiger partial charge is 0.481 e. The molecule has 0 fully saturated rings. The highest BCUT2D eigenvalue weighted by Gasteiger charge is 2.24. The molecule has 0 aliphatic rings. The average Bonchev–Trinajstić information content (AvgIpc) is 3.04. The van der Waals surface area contributed by atoms with Crippen LogP contribution in [0.5, 0.6) is 5.75 Å². The Balaban J connectivity index is 1.79. The van der Waals surface area contributed by atoms with Gasteiger partial charge in [-0.1, -0.05) is 23.6 Å². The van der Waals surface area contributed by atoms with E-state index in [-0.39, 0.29) is 19.2 Å². The lowest BCUT2D eigenvalue weighted by atomic mass is 9.93. The average molecular weight is 391 g/mol. The third-order valence-corrected chi connectivity index (χ3v) is 4.93. The highest BCUT2D eigenvalue weighted by molar-refractivity contribution is 7.51. The monoisotopic (exact) mass is 391 g/mol. The van der Waals surface area contributed by atoms with Crippen LogP contribution in [-0.2, 0) is 11.0 Å². The van der Waals surface area contributed by atoms with Crippen LogP contribution in [0.25, 0.3) is 0 Å². The minimum atomic E-state index is -4.03. The summed E-state index contributed by atoms with van der Waals surface area (Å²) in [4.78, 5) is 17.9. The first kappa shape index (κ1) is 21.3. The summed E-state index contributed by atoms with van der Waals surface area (Å²) < 4.78 is 22.2. The van der Waals surface area contributed by atoms with Crippen LogP contribution in [0.1, 0.15) is 36.8 Å². The third kappa shape index (κ3) is 8.47. The summed E-state index contributed by atoms with van der Waals surface area (Å²) in [6, 6.07) is 11.4. The van der Waals surface area contributed by atoms with Gasteiger partial charge in [0.05, 0.1) is 6.16 Å². The predicted octanol–water partition coefficient (Wildman–Crippen LogP) is 3.24. The molecule has 1 aromatic carbocycles. The standard InChI is InChI=1S/C20H26NO5P/c1-16-5-7-17(8-6-16)25-14-3-4-18-9-10-19(26-18)11-12-20(2,21)13-15-27(22,23)24/h5-10H,11-15,21H2,1-2H3,(H2,22,23,24). The summed E-state index contributed by atoms with van der Waals surface area (Å²) >= 11 is 0. The normalized spacial score (nSPS) is 13.5. The topological polar surface area (TPSA) is 106 Å². The van der Waals surface area contributed by atoms with Crippen molar-refractivity contribution in [3.63, 3.8) is 0 Å². The highest BCUT2D eigenvalue weighted by Crippen LogP contribution is 2.37. The quantitative estimate of drug-likeness (QED) is 0.471. The van der Waals surface area contributed by atoms with Crippen molar-refractivity contribution in [2.75, 3.05) is 12.8 Å². The maximum atomic E-state index is 11.0. The molecule has 0 amide bonds. The molecule has 7 heteroatoms. The Morgan fingerprint density at radius 3 is 2.56 bits per heavy atom. The zero-order valence-electron chi connectivity index (χ0n) is 15.6. The second-order valence-electron chi connectivity index (χ2n) is 6.96. The molecule has 1 atom stereocenters. The van der Waals surface area contributed by atoms with Gasteiger partial charge in [-0.3, -0.25) is 4.57 Å². The summed E-state index contributed by atoms with van der Waals surface area (Å²) in [5.41, 5.74) is 6.62. The molecule has 27 heavy (non-hydrogen) atoms. The van der Waals surface area contributed by atoms with E-state index in [2.05, 4.69) is 11.8 Å². The van der Waals surface area contributed by atoms with Crippen LogP contribution < -0.4 is 10.5 Å². The van der Waals surface area contributed by atoms with Crippen molar-refractivity contribution in [1.82, 2.24) is 0 Å². The zero-order valence-corrected chi connectivity index (χ0v) is 16.5. The molecule has 0 saturated heterocycles. The number of furan rings is 1. The molecular formula is C20H26NO5P. The summed E-state index contributed by atoms with van der Waals surface area (Å²) in [6.45, 7) is 4.07. The highest BCUT2D eigenvalue weighted by atomic mass is 31.2. The van der Waals surface area contributed by atoms with Gasteiger partial charge in [0.25, 0.3) is 0 Å². The first-order chi connectivity index (χ1) is 12.6. The number of hydrogen-bond acceptors (Lipinski definition) is 4. The number of benzene rings is 1. The van der Waals surface area contributed by atoms with E-state index in [1.165, 1.54) is 5.56 Å². The fraction of sp³-hybridized carbons (Fsp3) is 0.400. The van der Waals surface area contributed by atoms with Crippen LogP contribution in [0.15, 0.2) is 40.8 Å².